The molecule has 2 aromatic heterocycles. The van der Waals surface area contributed by atoms with Crippen molar-refractivity contribution < 1.29 is 18.3 Å². The van der Waals surface area contributed by atoms with E-state index in [4.69, 9.17) is 18.3 Å². The first kappa shape index (κ1) is 17.1. The Morgan fingerprint density at radius 3 is 2.77 bits per heavy atom. The van der Waals surface area contributed by atoms with Gasteiger partial charge in [-0.1, -0.05) is 6.92 Å². The molecule has 2 heterocycles. The van der Waals surface area contributed by atoms with Crippen LogP contribution in [0.25, 0.3) is 11.2 Å². The number of methoxy groups -OCH3 is 1. The normalized spacial score (nSPS) is 11.2. The highest BCUT2D eigenvalue weighted by Crippen LogP contribution is 2.27. The van der Waals surface area contributed by atoms with E-state index in [9.17, 15) is 4.79 Å². The summed E-state index contributed by atoms with van der Waals surface area (Å²) < 4.78 is 22.1. The average Bonchev–Trinajstić information content (AvgIpc) is 2.88. The first-order valence-electron chi connectivity index (χ1n) is 7.19. The molecule has 0 aliphatic carbocycles. The predicted molar refractivity (Wildman–Crippen MR) is 87.6 cm³/mol. The number of anilines is 1. The Hall–Kier alpha value is -1.31. The zero-order valence-electron chi connectivity index (χ0n) is 12.8. The largest absolute Gasteiger partial charge is 0.456 e. The Balaban J connectivity index is 2.13. The molecule has 0 saturated carbocycles. The lowest BCUT2D eigenvalue weighted by molar-refractivity contribution is 0.0738. The molecule has 7 heteroatoms. The first-order valence-corrected chi connectivity index (χ1v) is 7.99. The third kappa shape index (κ3) is 4.12. The van der Waals surface area contributed by atoms with Crippen molar-refractivity contribution in [1.29, 1.82) is 0 Å². The lowest BCUT2D eigenvalue weighted by atomic mass is 10.3. The van der Waals surface area contributed by atoms with E-state index in [1.165, 1.54) is 12.3 Å². The molecule has 2 aromatic rings. The van der Waals surface area contributed by atoms with Gasteiger partial charge in [-0.15, -0.1) is 0 Å². The van der Waals surface area contributed by atoms with Crippen LogP contribution in [0.5, 0.6) is 0 Å². The third-order valence-corrected chi connectivity index (χ3v) is 3.68. The van der Waals surface area contributed by atoms with Gasteiger partial charge in [-0.05, 0) is 22.4 Å². The van der Waals surface area contributed by atoms with Crippen molar-refractivity contribution in [2.24, 2.45) is 0 Å². The van der Waals surface area contributed by atoms with Crippen LogP contribution in [0.2, 0.25) is 0 Å². The summed E-state index contributed by atoms with van der Waals surface area (Å²) in [4.78, 5) is 14.1. The van der Waals surface area contributed by atoms with E-state index in [0.29, 0.717) is 42.3 Å². The molecule has 122 valence electrons. The third-order valence-electron chi connectivity index (χ3n) is 3.13. The van der Waals surface area contributed by atoms with E-state index < -0.39 is 0 Å². The van der Waals surface area contributed by atoms with E-state index >= 15 is 0 Å². The summed E-state index contributed by atoms with van der Waals surface area (Å²) in [5.74, 6) is 0.525. The highest BCUT2D eigenvalue weighted by molar-refractivity contribution is 9.10. The van der Waals surface area contributed by atoms with Crippen LogP contribution < -0.4 is 10.3 Å². The van der Waals surface area contributed by atoms with Crippen LogP contribution in [0.15, 0.2) is 30.4 Å². The second-order valence-corrected chi connectivity index (χ2v) is 5.64. The van der Waals surface area contributed by atoms with Gasteiger partial charge in [0.1, 0.15) is 6.26 Å². The monoisotopic (exact) mass is 373 g/mol. The average molecular weight is 374 g/mol. The lowest BCUT2D eigenvalue weighted by Crippen LogP contribution is -2.29. The van der Waals surface area contributed by atoms with Gasteiger partial charge in [0.25, 0.3) is 0 Å². The first-order chi connectivity index (χ1) is 10.7. The van der Waals surface area contributed by atoms with Gasteiger partial charge in [0, 0.05) is 20.2 Å². The van der Waals surface area contributed by atoms with Crippen LogP contribution in [-0.4, -0.2) is 40.0 Å². The molecule has 22 heavy (non-hydrogen) atoms. The minimum Gasteiger partial charge on any atom is -0.456 e. The van der Waals surface area contributed by atoms with Crippen molar-refractivity contribution in [1.82, 2.24) is 0 Å². The van der Waals surface area contributed by atoms with Crippen LogP contribution in [0.3, 0.4) is 0 Å². The molecule has 0 spiro atoms. The van der Waals surface area contributed by atoms with Crippen molar-refractivity contribution in [2.75, 3.05) is 44.9 Å². The molecule has 0 N–H and O–H groups in total. The maximum Gasteiger partial charge on any atom is 0.230 e. The van der Waals surface area contributed by atoms with Gasteiger partial charge in [0.2, 0.25) is 11.0 Å². The Bertz CT molecular complexity index is 651. The fraction of sp³-hybridized carbons (Fsp3) is 0.533. The number of ether oxygens (including phenoxy) is 2. The predicted octanol–water partition coefficient (Wildman–Crippen LogP) is 3.03. The van der Waals surface area contributed by atoms with Crippen molar-refractivity contribution in [3.63, 3.8) is 0 Å². The smallest absolute Gasteiger partial charge is 0.230 e. The molecule has 6 nitrogen and oxygen atoms in total. The number of rotatable bonds is 9. The number of fused-ring (bicyclic) bond motifs is 1. The Kier molecular flexibility index (Phi) is 6.48. The minimum absolute atomic E-state index is 0.191. The van der Waals surface area contributed by atoms with E-state index in [1.54, 1.807) is 7.11 Å². The molecule has 0 atom stereocenters. The van der Waals surface area contributed by atoms with Gasteiger partial charge >= 0.3 is 0 Å². The van der Waals surface area contributed by atoms with Crippen LogP contribution in [0.1, 0.15) is 13.3 Å². The van der Waals surface area contributed by atoms with Crippen LogP contribution in [0, 0.1) is 0 Å². The van der Waals surface area contributed by atoms with E-state index in [1.807, 2.05) is 4.90 Å². The molecule has 0 amide bonds. The van der Waals surface area contributed by atoms with Crippen LogP contribution in [0.4, 0.5) is 5.88 Å². The molecule has 0 saturated heterocycles. The molecule has 0 aromatic carbocycles. The summed E-state index contributed by atoms with van der Waals surface area (Å²) in [6.45, 7) is 5.14. The maximum atomic E-state index is 12.1. The highest BCUT2D eigenvalue weighted by Gasteiger charge is 2.15. The van der Waals surface area contributed by atoms with Gasteiger partial charge in [-0.25, -0.2) is 0 Å². The van der Waals surface area contributed by atoms with Crippen molar-refractivity contribution >= 4 is 33.0 Å². The molecule has 0 unspecified atom stereocenters. The summed E-state index contributed by atoms with van der Waals surface area (Å²) >= 11 is 3.32. The van der Waals surface area contributed by atoms with Gasteiger partial charge in [-0.3, -0.25) is 4.79 Å². The van der Waals surface area contributed by atoms with E-state index in [2.05, 4.69) is 22.9 Å². The Morgan fingerprint density at radius 2 is 2.05 bits per heavy atom. The number of furan rings is 1. The van der Waals surface area contributed by atoms with Crippen molar-refractivity contribution in [3.8, 4) is 0 Å². The highest BCUT2D eigenvalue weighted by atomic mass is 79.9. The van der Waals surface area contributed by atoms with Crippen molar-refractivity contribution in [2.45, 2.75) is 13.3 Å². The zero-order chi connectivity index (χ0) is 15.9. The molecular formula is C15H20BrNO5. The molecule has 0 aliphatic rings. The van der Waals surface area contributed by atoms with Crippen LogP contribution in [-0.2, 0) is 9.47 Å². The molecule has 0 fully saturated rings. The lowest BCUT2D eigenvalue weighted by Gasteiger charge is -2.22. The van der Waals surface area contributed by atoms with Gasteiger partial charge < -0.3 is 23.2 Å². The molecule has 0 aliphatic heterocycles. The van der Waals surface area contributed by atoms with Crippen molar-refractivity contribution in [3.05, 3.63) is 27.0 Å². The topological polar surface area (TPSA) is 65.1 Å². The van der Waals surface area contributed by atoms with Gasteiger partial charge in [0.05, 0.1) is 30.4 Å². The van der Waals surface area contributed by atoms with E-state index in [0.717, 1.165) is 13.0 Å². The summed E-state index contributed by atoms with van der Waals surface area (Å²) in [7, 11) is 1.64. The van der Waals surface area contributed by atoms with Gasteiger partial charge in [-0.2, -0.15) is 0 Å². The second kappa shape index (κ2) is 8.36. The number of halogens is 1. The summed E-state index contributed by atoms with van der Waals surface area (Å²) in [6.07, 6.45) is 2.39. The zero-order valence-corrected chi connectivity index (χ0v) is 14.3. The van der Waals surface area contributed by atoms with E-state index in [-0.39, 0.29) is 11.0 Å². The SMILES string of the molecule is CCCN(CCOCCOC)c1cc(=O)c2occ(Br)c2o1. The van der Waals surface area contributed by atoms with Gasteiger partial charge in [0.15, 0.2) is 11.5 Å². The number of hydrogen-bond donors (Lipinski definition) is 0. The summed E-state index contributed by atoms with van der Waals surface area (Å²) in [5, 5.41) is 0. The number of hydrogen-bond acceptors (Lipinski definition) is 6. The molecule has 0 radical (unpaired) electrons. The fourth-order valence-corrected chi connectivity index (χ4v) is 2.43. The van der Waals surface area contributed by atoms with Crippen LogP contribution >= 0.6 is 15.9 Å². The molecule has 2 rings (SSSR count). The molecular weight excluding hydrogens is 354 g/mol. The second-order valence-electron chi connectivity index (χ2n) is 4.78. The quantitative estimate of drug-likeness (QED) is 0.629. The maximum absolute atomic E-state index is 12.1. The number of nitrogens with zero attached hydrogens (tertiary/aromatic N) is 1. The molecule has 0 bridgehead atoms. The Morgan fingerprint density at radius 1 is 1.23 bits per heavy atom. The fourth-order valence-electron chi connectivity index (χ4n) is 2.08. The summed E-state index contributed by atoms with van der Waals surface area (Å²) in [6, 6.07) is 1.46. The Labute approximate surface area is 137 Å². The summed E-state index contributed by atoms with van der Waals surface area (Å²) in [5.41, 5.74) is 0.468. The minimum atomic E-state index is -0.191. The standard InChI is InChI=1S/C15H20BrNO5/c1-3-4-17(5-6-20-8-7-19-2)13-9-12(18)15-14(22-13)11(16)10-21-15/h9-10H,3-8H2,1-2H3.